The van der Waals surface area contributed by atoms with E-state index in [1.165, 1.54) is 84.8 Å². The number of benzene rings is 3. The molecule has 3 aromatic rings. The van der Waals surface area contributed by atoms with E-state index in [0.29, 0.717) is 16.3 Å². The smallest absolute Gasteiger partial charge is 0.264 e. The molecule has 4 rings (SSSR count). The van der Waals surface area contributed by atoms with E-state index in [2.05, 4.69) is 5.32 Å². The molecular weight excluding hydrogens is 581 g/mol. The van der Waals surface area contributed by atoms with E-state index in [9.17, 15) is 22.4 Å². The molecule has 0 spiro atoms. The van der Waals surface area contributed by atoms with Crippen LogP contribution in [0.5, 0.6) is 5.75 Å². The normalized spacial score (nSPS) is 14.6. The molecule has 11 heteroatoms. The number of hydrogen-bond donors (Lipinski definition) is 1. The van der Waals surface area contributed by atoms with Gasteiger partial charge in [-0.2, -0.15) is 0 Å². The van der Waals surface area contributed by atoms with Crippen LogP contribution in [-0.4, -0.2) is 50.9 Å². The summed E-state index contributed by atoms with van der Waals surface area (Å²) in [6.07, 6.45) is 4.91. The first-order valence-electron chi connectivity index (χ1n) is 13.8. The summed E-state index contributed by atoms with van der Waals surface area (Å²) in [6.45, 7) is 1.01. The highest BCUT2D eigenvalue weighted by Crippen LogP contribution is 2.27. The Morgan fingerprint density at radius 2 is 1.60 bits per heavy atom. The second-order valence-electron chi connectivity index (χ2n) is 10.3. The summed E-state index contributed by atoms with van der Waals surface area (Å²) >= 11 is 6.07. The van der Waals surface area contributed by atoms with Crippen LogP contribution < -0.4 is 14.4 Å². The molecule has 1 saturated carbocycles. The average Bonchev–Trinajstić information content (AvgIpc) is 3.00. The van der Waals surface area contributed by atoms with Crippen molar-refractivity contribution in [1.82, 2.24) is 10.2 Å². The van der Waals surface area contributed by atoms with Crippen LogP contribution in [0.1, 0.15) is 44.6 Å². The molecule has 1 N–H and O–H groups in total. The maximum Gasteiger partial charge on any atom is 0.264 e. The Bertz CT molecular complexity index is 1460. The van der Waals surface area contributed by atoms with Crippen molar-refractivity contribution in [3.8, 4) is 5.75 Å². The van der Waals surface area contributed by atoms with Gasteiger partial charge in [0.25, 0.3) is 10.0 Å². The van der Waals surface area contributed by atoms with Gasteiger partial charge in [0.1, 0.15) is 24.2 Å². The third kappa shape index (κ3) is 7.80. The van der Waals surface area contributed by atoms with Crippen LogP contribution in [0, 0.1) is 5.82 Å². The highest BCUT2D eigenvalue weighted by Gasteiger charge is 2.33. The topological polar surface area (TPSA) is 96.0 Å². The second kappa shape index (κ2) is 14.0. The van der Waals surface area contributed by atoms with Crippen LogP contribution in [0.4, 0.5) is 10.1 Å². The van der Waals surface area contributed by atoms with Gasteiger partial charge in [0.2, 0.25) is 11.8 Å². The summed E-state index contributed by atoms with van der Waals surface area (Å²) in [5.41, 5.74) is 0.822. The molecule has 1 unspecified atom stereocenters. The monoisotopic (exact) mass is 615 g/mol. The van der Waals surface area contributed by atoms with E-state index in [4.69, 9.17) is 16.3 Å². The number of nitrogens with zero attached hydrogens (tertiary/aromatic N) is 2. The fourth-order valence-electron chi connectivity index (χ4n) is 4.95. The van der Waals surface area contributed by atoms with Crippen molar-refractivity contribution in [3.63, 3.8) is 0 Å². The molecule has 224 valence electrons. The number of sulfonamides is 1. The lowest BCUT2D eigenvalue weighted by molar-refractivity contribution is -0.139. The van der Waals surface area contributed by atoms with Crippen molar-refractivity contribution in [2.45, 2.75) is 62.6 Å². The SMILES string of the molecule is COc1ccc(S(=O)(=O)N(CC(=O)N(Cc2ccc(F)cc2)C(C)C(=O)NC2CCCCC2)c2ccc(Cl)cc2)cc1. The van der Waals surface area contributed by atoms with Crippen molar-refractivity contribution in [1.29, 1.82) is 0 Å². The maximum atomic E-state index is 14.0. The largest absolute Gasteiger partial charge is 0.497 e. The van der Waals surface area contributed by atoms with E-state index >= 15 is 0 Å². The van der Waals surface area contributed by atoms with Crippen molar-refractivity contribution >= 4 is 39.1 Å². The summed E-state index contributed by atoms with van der Waals surface area (Å²) in [5.74, 6) is -0.878. The number of ether oxygens (including phenoxy) is 1. The van der Waals surface area contributed by atoms with Gasteiger partial charge >= 0.3 is 0 Å². The number of carbonyl (C=O) groups is 2. The van der Waals surface area contributed by atoms with Gasteiger partial charge in [0.15, 0.2) is 0 Å². The molecule has 0 heterocycles. The first-order chi connectivity index (χ1) is 20.1. The third-order valence-corrected chi connectivity index (χ3v) is 9.47. The molecule has 0 aromatic heterocycles. The number of carbonyl (C=O) groups excluding carboxylic acids is 2. The molecule has 3 aromatic carbocycles. The quantitative estimate of drug-likeness (QED) is 0.305. The molecule has 1 atom stereocenters. The Labute approximate surface area is 251 Å². The Kier molecular flexibility index (Phi) is 10.5. The fourth-order valence-corrected chi connectivity index (χ4v) is 6.49. The van der Waals surface area contributed by atoms with Gasteiger partial charge in [0, 0.05) is 17.6 Å². The molecule has 0 radical (unpaired) electrons. The molecular formula is C31H35ClFN3O5S. The second-order valence-corrected chi connectivity index (χ2v) is 12.6. The lowest BCUT2D eigenvalue weighted by atomic mass is 9.95. The summed E-state index contributed by atoms with van der Waals surface area (Å²) in [5, 5.41) is 3.46. The predicted octanol–water partition coefficient (Wildman–Crippen LogP) is 5.55. The van der Waals surface area contributed by atoms with Crippen LogP contribution in [0.2, 0.25) is 5.02 Å². The number of amides is 2. The maximum absolute atomic E-state index is 14.0. The Morgan fingerprint density at radius 1 is 0.976 bits per heavy atom. The van der Waals surface area contributed by atoms with Gasteiger partial charge in [-0.1, -0.05) is 43.0 Å². The number of anilines is 1. The Morgan fingerprint density at radius 3 is 2.19 bits per heavy atom. The van der Waals surface area contributed by atoms with Gasteiger partial charge in [-0.25, -0.2) is 12.8 Å². The number of nitrogens with one attached hydrogen (secondary N) is 1. The lowest BCUT2D eigenvalue weighted by Gasteiger charge is -2.33. The molecule has 0 aliphatic heterocycles. The summed E-state index contributed by atoms with van der Waals surface area (Å²) in [6, 6.07) is 16.7. The number of hydrogen-bond acceptors (Lipinski definition) is 5. The first-order valence-corrected chi connectivity index (χ1v) is 15.7. The third-order valence-electron chi connectivity index (χ3n) is 7.43. The minimum Gasteiger partial charge on any atom is -0.497 e. The van der Waals surface area contributed by atoms with Crippen molar-refractivity contribution < 1.29 is 27.1 Å². The first kappa shape index (κ1) is 31.3. The van der Waals surface area contributed by atoms with E-state index in [1.807, 2.05) is 0 Å². The predicted molar refractivity (Wildman–Crippen MR) is 160 cm³/mol. The van der Waals surface area contributed by atoms with Crippen molar-refractivity contribution in [2.24, 2.45) is 0 Å². The molecule has 8 nitrogen and oxygen atoms in total. The number of methoxy groups -OCH3 is 1. The Hall–Kier alpha value is -3.63. The van der Waals surface area contributed by atoms with Crippen LogP contribution in [0.15, 0.2) is 77.7 Å². The molecule has 1 aliphatic carbocycles. The minimum absolute atomic E-state index is 0.0184. The zero-order valence-electron chi connectivity index (χ0n) is 23.6. The van der Waals surface area contributed by atoms with Gasteiger partial charge in [-0.05, 0) is 86.0 Å². The molecule has 42 heavy (non-hydrogen) atoms. The van der Waals surface area contributed by atoms with Gasteiger partial charge in [0.05, 0.1) is 17.7 Å². The lowest BCUT2D eigenvalue weighted by Crippen LogP contribution is -2.53. The summed E-state index contributed by atoms with van der Waals surface area (Å²) < 4.78 is 47.6. The highest BCUT2D eigenvalue weighted by molar-refractivity contribution is 7.92. The molecule has 1 aliphatic rings. The highest BCUT2D eigenvalue weighted by atomic mass is 35.5. The average molecular weight is 616 g/mol. The van der Waals surface area contributed by atoms with Gasteiger partial charge in [-0.15, -0.1) is 0 Å². The fraction of sp³-hybridized carbons (Fsp3) is 0.355. The van der Waals surface area contributed by atoms with E-state index in [0.717, 1.165) is 36.4 Å². The van der Waals surface area contributed by atoms with Crippen LogP contribution >= 0.6 is 11.6 Å². The molecule has 0 bridgehead atoms. The zero-order valence-corrected chi connectivity index (χ0v) is 25.2. The molecule has 1 fully saturated rings. The van der Waals surface area contributed by atoms with E-state index in [1.54, 1.807) is 6.92 Å². The van der Waals surface area contributed by atoms with Gasteiger partial charge in [-0.3, -0.25) is 13.9 Å². The molecule has 2 amide bonds. The van der Waals surface area contributed by atoms with Crippen LogP contribution in [-0.2, 0) is 26.2 Å². The van der Waals surface area contributed by atoms with Gasteiger partial charge < -0.3 is 15.0 Å². The zero-order chi connectivity index (χ0) is 30.3. The van der Waals surface area contributed by atoms with Crippen molar-refractivity contribution in [3.05, 3.63) is 89.2 Å². The minimum atomic E-state index is -4.23. The van der Waals surface area contributed by atoms with Crippen molar-refractivity contribution in [2.75, 3.05) is 18.0 Å². The Balaban J connectivity index is 1.66. The summed E-state index contributed by atoms with van der Waals surface area (Å²) in [7, 11) is -2.75. The summed E-state index contributed by atoms with van der Waals surface area (Å²) in [4.78, 5) is 28.6. The van der Waals surface area contributed by atoms with E-state index in [-0.39, 0.29) is 29.1 Å². The van der Waals surface area contributed by atoms with Crippen LogP contribution in [0.3, 0.4) is 0 Å². The van der Waals surface area contributed by atoms with Crippen LogP contribution in [0.25, 0.3) is 0 Å². The number of rotatable bonds is 11. The van der Waals surface area contributed by atoms with E-state index < -0.39 is 34.3 Å². The number of halogens is 2. The molecule has 0 saturated heterocycles. The standard InChI is InChI=1S/C31H35ClFN3O5S/c1-22(31(38)34-26-6-4-3-5-7-26)35(20-23-8-12-25(33)13-9-23)30(37)21-36(27-14-10-24(32)11-15-27)42(39,40)29-18-16-28(41-2)17-19-29/h8-19,22,26H,3-7,20-21H2,1-2H3,(H,34,38).